The van der Waals surface area contributed by atoms with Crippen molar-refractivity contribution in [3.63, 3.8) is 0 Å². The zero-order chi connectivity index (χ0) is 51.8. The van der Waals surface area contributed by atoms with Gasteiger partial charge < -0.3 is 0 Å². The van der Waals surface area contributed by atoms with Crippen LogP contribution in [0.2, 0.25) is 0 Å². The maximum Gasteiger partial charge on any atom is 0.301 e. The van der Waals surface area contributed by atoms with Gasteiger partial charge in [-0.25, -0.2) is 0 Å². The van der Waals surface area contributed by atoms with Crippen LogP contribution in [0, 0.1) is 41.5 Å². The summed E-state index contributed by atoms with van der Waals surface area (Å²) < 4.78 is 32.9. The van der Waals surface area contributed by atoms with E-state index in [4.69, 9.17) is 0 Å². The molecule has 0 spiro atoms. The molecule has 0 amide bonds. The molecule has 13 rings (SSSR count). The quantitative estimate of drug-likeness (QED) is 0.133. The highest BCUT2D eigenvalue weighted by atomic mass is 31.2. The molecule has 3 aliphatic heterocycles. The van der Waals surface area contributed by atoms with Crippen LogP contribution in [-0.2, 0) is 4.57 Å². The predicted octanol–water partition coefficient (Wildman–Crippen LogP) is 18.2. The molecule has 7 nitrogen and oxygen atoms in total. The van der Waals surface area contributed by atoms with Gasteiger partial charge in [0.05, 0.1) is 39.4 Å². The first-order valence-corrected chi connectivity index (χ1v) is 30.0. The highest BCUT2D eigenvalue weighted by Crippen LogP contribution is 2.72. The normalized spacial score (nSPS) is 14.9. The van der Waals surface area contributed by atoms with Gasteiger partial charge >= 0.3 is 7.44 Å². The minimum atomic E-state index is -3.97. The van der Waals surface area contributed by atoms with Gasteiger partial charge in [0.25, 0.3) is 0 Å². The standard InChI is InChI=1S/C66H57N6OP3/c1-46-19-13-25-52(37-46)67-61-31-7-8-32-62(61)68(53-26-14-20-47(2)38-53)74(67)58-43-59(75-69(54-27-15-21-48(3)39-54)63-33-9-10-34-64(63)70(75)55-28-16-22-49(4)40-55)45-60(44-58)76(73)71(56-29-17-23-50(5)41-56)65-35-11-12-36-66(65)72(76)57-30-18-24-51(6)42-57/h7-45H,1-6H3. The summed E-state index contributed by atoms with van der Waals surface area (Å²) in [7, 11) is -6.94. The molecule has 372 valence electrons. The second-order valence-electron chi connectivity index (χ2n) is 20.2. The lowest BCUT2D eigenvalue weighted by atomic mass is 10.2. The van der Waals surface area contributed by atoms with Crippen LogP contribution in [-0.4, -0.2) is 0 Å². The van der Waals surface area contributed by atoms with Crippen LogP contribution in [0.1, 0.15) is 33.4 Å². The van der Waals surface area contributed by atoms with E-state index in [1.54, 1.807) is 0 Å². The van der Waals surface area contributed by atoms with Gasteiger partial charge in [0, 0.05) is 44.7 Å². The third-order valence-electron chi connectivity index (χ3n) is 14.5. The number of aryl methyl sites for hydroxylation is 6. The Morgan fingerprint density at radius 1 is 0.276 bits per heavy atom. The summed E-state index contributed by atoms with van der Waals surface area (Å²) in [6, 6.07) is 85.8. The van der Waals surface area contributed by atoms with E-state index in [1.165, 1.54) is 22.3 Å². The zero-order valence-corrected chi connectivity index (χ0v) is 46.1. The summed E-state index contributed by atoms with van der Waals surface area (Å²) in [6.45, 7) is 12.9. The van der Waals surface area contributed by atoms with Crippen LogP contribution in [0.25, 0.3) is 0 Å². The first kappa shape index (κ1) is 47.8. The van der Waals surface area contributed by atoms with Crippen molar-refractivity contribution < 1.29 is 4.57 Å². The van der Waals surface area contributed by atoms with E-state index < -0.39 is 23.9 Å². The Kier molecular flexibility index (Phi) is 12.0. The van der Waals surface area contributed by atoms with Gasteiger partial charge in [0.2, 0.25) is 0 Å². The van der Waals surface area contributed by atoms with Crippen molar-refractivity contribution in [3.05, 3.63) is 270 Å². The van der Waals surface area contributed by atoms with Gasteiger partial charge in [-0.15, -0.1) is 0 Å². The molecule has 10 aromatic carbocycles. The molecule has 10 heteroatoms. The molecule has 10 aromatic rings. The van der Waals surface area contributed by atoms with Crippen LogP contribution >= 0.6 is 23.9 Å². The average molecular weight is 1040 g/mol. The third-order valence-corrected chi connectivity index (χ3v) is 22.1. The van der Waals surface area contributed by atoms with Crippen LogP contribution in [0.3, 0.4) is 0 Å². The first-order chi connectivity index (χ1) is 37.0. The highest BCUT2D eigenvalue weighted by molar-refractivity contribution is 7.77. The van der Waals surface area contributed by atoms with Crippen molar-refractivity contribution >= 4 is 108 Å². The van der Waals surface area contributed by atoms with Crippen LogP contribution < -0.4 is 43.9 Å². The second-order valence-corrected chi connectivity index (χ2v) is 26.4. The van der Waals surface area contributed by atoms with Crippen molar-refractivity contribution in [2.24, 2.45) is 0 Å². The maximum atomic E-state index is 18.3. The molecule has 0 bridgehead atoms. The third kappa shape index (κ3) is 8.00. The lowest BCUT2D eigenvalue weighted by Crippen LogP contribution is -2.34. The summed E-state index contributed by atoms with van der Waals surface area (Å²) in [4.78, 5) is 0. The molecule has 0 fully saturated rings. The molecular weight excluding hydrogens is 986 g/mol. The fraction of sp³-hybridized carbons (Fsp3) is 0.0909. The molecule has 0 aliphatic carbocycles. The van der Waals surface area contributed by atoms with Crippen molar-refractivity contribution in [1.82, 2.24) is 0 Å². The van der Waals surface area contributed by atoms with Gasteiger partial charge in [0.15, 0.2) is 0 Å². The van der Waals surface area contributed by atoms with E-state index >= 15 is 4.57 Å². The summed E-state index contributed by atoms with van der Waals surface area (Å²) in [5, 5.41) is 2.90. The van der Waals surface area contributed by atoms with Crippen LogP contribution in [0.5, 0.6) is 0 Å². The van der Waals surface area contributed by atoms with Crippen LogP contribution in [0.4, 0.5) is 68.2 Å². The Morgan fingerprint density at radius 3 is 0.803 bits per heavy atom. The first-order valence-electron chi connectivity index (χ1n) is 25.9. The number of anilines is 12. The van der Waals surface area contributed by atoms with E-state index in [1.807, 2.05) is 0 Å². The number of para-hydroxylation sites is 6. The molecular formula is C66H57N6OP3. The van der Waals surface area contributed by atoms with Crippen molar-refractivity contribution in [2.45, 2.75) is 41.5 Å². The maximum absolute atomic E-state index is 18.3. The summed E-state index contributed by atoms with van der Waals surface area (Å²) >= 11 is 0. The van der Waals surface area contributed by atoms with Gasteiger partial charge in [0.1, 0.15) is 16.4 Å². The summed E-state index contributed by atoms with van der Waals surface area (Å²) in [5.74, 6) is 0. The number of nitrogens with zero attached hydrogens (tertiary/aromatic N) is 6. The molecule has 0 N–H and O–H groups in total. The van der Waals surface area contributed by atoms with Crippen molar-refractivity contribution in [1.29, 1.82) is 0 Å². The smallest absolute Gasteiger partial charge is 0.296 e. The lowest BCUT2D eigenvalue weighted by Gasteiger charge is -2.38. The molecule has 0 atom stereocenters. The van der Waals surface area contributed by atoms with E-state index in [0.29, 0.717) is 0 Å². The minimum Gasteiger partial charge on any atom is -0.296 e. The molecule has 76 heavy (non-hydrogen) atoms. The average Bonchev–Trinajstić information content (AvgIpc) is 4.28. The fourth-order valence-electron chi connectivity index (χ4n) is 11.3. The molecule has 0 radical (unpaired) electrons. The fourth-order valence-corrected chi connectivity index (χ4v) is 19.8. The van der Waals surface area contributed by atoms with E-state index in [-0.39, 0.29) is 0 Å². The predicted molar refractivity (Wildman–Crippen MR) is 326 cm³/mol. The Bertz CT molecular complexity index is 3560. The van der Waals surface area contributed by atoms with E-state index in [2.05, 4.69) is 306 Å². The summed E-state index contributed by atoms with van der Waals surface area (Å²) in [6.07, 6.45) is 0. The number of fused-ring (bicyclic) bond motifs is 3. The number of rotatable bonds is 9. The van der Waals surface area contributed by atoms with Gasteiger partial charge in [-0.3, -0.25) is 32.6 Å². The Labute approximate surface area is 449 Å². The molecule has 3 aliphatic rings. The largest absolute Gasteiger partial charge is 0.301 e. The Hall–Kier alpha value is -7.91. The monoisotopic (exact) mass is 1040 g/mol. The number of hydrogen-bond donors (Lipinski definition) is 0. The molecule has 0 aromatic heterocycles. The SMILES string of the molecule is Cc1cccc(N2c3ccccc3N(c3cccc(C)c3)P2c2cc(P3N(c4cccc(C)c4)c4ccccc4N3c3cccc(C)c3)cc(P3(=O)N(c4cccc(C)c4)c4ccccc4N3c3cccc(C)c3)c2)c1. The van der Waals surface area contributed by atoms with Crippen molar-refractivity contribution in [3.8, 4) is 0 Å². The van der Waals surface area contributed by atoms with E-state index in [9.17, 15) is 0 Å². The molecule has 0 unspecified atom stereocenters. The molecule has 0 saturated carbocycles. The van der Waals surface area contributed by atoms with Crippen LogP contribution in [0.15, 0.2) is 237 Å². The summed E-state index contributed by atoms with van der Waals surface area (Å²) in [5.41, 5.74) is 19.3. The second kappa shape index (κ2) is 19.0. The number of benzene rings is 10. The van der Waals surface area contributed by atoms with Gasteiger partial charge in [-0.2, -0.15) is 0 Å². The van der Waals surface area contributed by atoms with Gasteiger partial charge in [-0.1, -0.05) is 109 Å². The Balaban J connectivity index is 1.17. The topological polar surface area (TPSA) is 36.5 Å². The number of hydrogen-bond acceptors (Lipinski definition) is 5. The Morgan fingerprint density at radius 2 is 0.526 bits per heavy atom. The van der Waals surface area contributed by atoms with Gasteiger partial charge in [-0.05, 0) is 202 Å². The molecule has 3 heterocycles. The molecule has 0 saturated heterocycles. The lowest BCUT2D eigenvalue weighted by molar-refractivity contribution is 0.582. The highest BCUT2D eigenvalue weighted by Gasteiger charge is 2.51. The van der Waals surface area contributed by atoms with E-state index in [0.717, 1.165) is 95.3 Å². The van der Waals surface area contributed by atoms with Crippen molar-refractivity contribution in [2.75, 3.05) is 28.0 Å². The zero-order valence-electron chi connectivity index (χ0n) is 43.4. The minimum absolute atomic E-state index is 0.748.